The molecule has 1 N–H and O–H groups in total. The zero-order valence-electron chi connectivity index (χ0n) is 11.6. The minimum Gasteiger partial charge on any atom is -0.496 e. The maximum absolute atomic E-state index is 11.0. The van der Waals surface area contributed by atoms with E-state index in [9.17, 15) is 4.79 Å². The Hall–Kier alpha value is -2.15. The summed E-state index contributed by atoms with van der Waals surface area (Å²) in [5, 5.41) is 9.07. The van der Waals surface area contributed by atoms with E-state index in [1.54, 1.807) is 7.11 Å². The van der Waals surface area contributed by atoms with Crippen LogP contribution in [-0.2, 0) is 5.41 Å². The van der Waals surface area contributed by atoms with Crippen molar-refractivity contribution >= 4 is 6.09 Å². The molecule has 4 heteroatoms. The zero-order valence-corrected chi connectivity index (χ0v) is 11.6. The second-order valence-corrected chi connectivity index (χ2v) is 5.13. The highest BCUT2D eigenvalue weighted by molar-refractivity contribution is 5.65. The lowest BCUT2D eigenvalue weighted by Crippen LogP contribution is -2.44. The highest BCUT2D eigenvalue weighted by Crippen LogP contribution is 2.42. The summed E-state index contributed by atoms with van der Waals surface area (Å²) in [6.07, 6.45) is 6.74. The van der Waals surface area contributed by atoms with E-state index in [-0.39, 0.29) is 5.41 Å². The van der Waals surface area contributed by atoms with Crippen molar-refractivity contribution in [2.75, 3.05) is 20.2 Å². The van der Waals surface area contributed by atoms with Crippen LogP contribution in [0.4, 0.5) is 4.79 Å². The predicted molar refractivity (Wildman–Crippen MR) is 77.0 cm³/mol. The minimum absolute atomic E-state index is 0.187. The van der Waals surface area contributed by atoms with Gasteiger partial charge in [-0.3, -0.25) is 0 Å². The van der Waals surface area contributed by atoms with Gasteiger partial charge in [-0.25, -0.2) is 4.79 Å². The van der Waals surface area contributed by atoms with Crippen LogP contribution in [-0.4, -0.2) is 36.3 Å². The van der Waals surface area contributed by atoms with Gasteiger partial charge in [-0.05, 0) is 18.9 Å². The van der Waals surface area contributed by atoms with Crippen LogP contribution in [0.2, 0.25) is 0 Å². The summed E-state index contributed by atoms with van der Waals surface area (Å²) in [6, 6.07) is 7.86. The number of ether oxygens (including phenoxy) is 1. The van der Waals surface area contributed by atoms with Crippen molar-refractivity contribution in [2.24, 2.45) is 0 Å². The summed E-state index contributed by atoms with van der Waals surface area (Å²) >= 11 is 0. The maximum atomic E-state index is 11.0. The van der Waals surface area contributed by atoms with Crippen LogP contribution in [0.1, 0.15) is 24.8 Å². The summed E-state index contributed by atoms with van der Waals surface area (Å²) < 4.78 is 5.45. The van der Waals surface area contributed by atoms with Gasteiger partial charge in [0.15, 0.2) is 0 Å². The molecule has 0 unspecified atom stereocenters. The van der Waals surface area contributed by atoms with Gasteiger partial charge in [0.2, 0.25) is 0 Å². The Morgan fingerprint density at radius 2 is 2.10 bits per heavy atom. The Balaban J connectivity index is 2.32. The summed E-state index contributed by atoms with van der Waals surface area (Å²) in [5.41, 5.74) is 0.901. The van der Waals surface area contributed by atoms with Crippen LogP contribution in [0, 0.1) is 12.3 Å². The van der Waals surface area contributed by atoms with E-state index in [1.807, 2.05) is 24.3 Å². The Kier molecular flexibility index (Phi) is 4.19. The third-order valence-electron chi connectivity index (χ3n) is 4.11. The number of hydrogen-bond donors (Lipinski definition) is 1. The molecule has 0 aromatic heterocycles. The van der Waals surface area contributed by atoms with Gasteiger partial charge >= 0.3 is 6.09 Å². The molecule has 0 aliphatic carbocycles. The minimum atomic E-state index is -0.862. The van der Waals surface area contributed by atoms with Gasteiger partial charge in [0.05, 0.1) is 7.11 Å². The van der Waals surface area contributed by atoms with E-state index in [1.165, 1.54) is 4.90 Å². The van der Waals surface area contributed by atoms with E-state index < -0.39 is 6.09 Å². The average molecular weight is 273 g/mol. The highest BCUT2D eigenvalue weighted by Gasteiger charge is 2.38. The topological polar surface area (TPSA) is 49.8 Å². The van der Waals surface area contributed by atoms with Crippen molar-refractivity contribution in [3.63, 3.8) is 0 Å². The van der Waals surface area contributed by atoms with Gasteiger partial charge in [0.25, 0.3) is 0 Å². The first kappa shape index (κ1) is 14.3. The first-order chi connectivity index (χ1) is 9.63. The normalized spacial score (nSPS) is 17.3. The number of nitrogens with zero attached hydrogens (tertiary/aromatic N) is 1. The fourth-order valence-corrected chi connectivity index (χ4v) is 2.95. The van der Waals surface area contributed by atoms with E-state index in [4.69, 9.17) is 16.3 Å². The molecular weight excluding hydrogens is 254 g/mol. The predicted octanol–water partition coefficient (Wildman–Crippen LogP) is 2.73. The molecule has 1 aromatic rings. The van der Waals surface area contributed by atoms with Crippen LogP contribution in [0.25, 0.3) is 0 Å². The molecule has 0 saturated carbocycles. The monoisotopic (exact) mass is 273 g/mol. The number of hydrogen-bond acceptors (Lipinski definition) is 2. The molecule has 0 radical (unpaired) electrons. The number of amides is 1. The molecule has 1 amide bonds. The number of likely N-dealkylation sites (tertiary alicyclic amines) is 1. The molecule has 20 heavy (non-hydrogen) atoms. The largest absolute Gasteiger partial charge is 0.496 e. The lowest BCUT2D eigenvalue weighted by molar-refractivity contribution is 0.116. The average Bonchev–Trinajstić information content (AvgIpc) is 2.48. The van der Waals surface area contributed by atoms with Crippen molar-refractivity contribution in [2.45, 2.75) is 24.7 Å². The van der Waals surface area contributed by atoms with E-state index >= 15 is 0 Å². The van der Waals surface area contributed by atoms with Gasteiger partial charge in [-0.2, -0.15) is 0 Å². The molecule has 0 bridgehead atoms. The molecule has 106 valence electrons. The van der Waals surface area contributed by atoms with Gasteiger partial charge in [-0.15, -0.1) is 12.3 Å². The summed E-state index contributed by atoms with van der Waals surface area (Å²) in [4.78, 5) is 12.5. The van der Waals surface area contributed by atoms with Crippen LogP contribution < -0.4 is 4.74 Å². The number of carboxylic acid groups (broad SMARTS) is 1. The number of carbonyl (C=O) groups is 1. The first-order valence-electron chi connectivity index (χ1n) is 6.68. The van der Waals surface area contributed by atoms with E-state index in [2.05, 4.69) is 5.92 Å². The molecule has 1 aliphatic heterocycles. The SMILES string of the molecule is C#CCC1(c2ccccc2OC)CCN(C(=O)O)CC1. The van der Waals surface area contributed by atoms with Crippen LogP contribution in [0.5, 0.6) is 5.75 Å². The second-order valence-electron chi connectivity index (χ2n) is 5.13. The van der Waals surface area contributed by atoms with Gasteiger partial charge in [0, 0.05) is 30.5 Å². The smallest absolute Gasteiger partial charge is 0.407 e. The van der Waals surface area contributed by atoms with E-state index in [0.29, 0.717) is 19.5 Å². The number of terminal acetylenes is 1. The Morgan fingerprint density at radius 3 is 2.65 bits per heavy atom. The number of piperidine rings is 1. The molecule has 1 aliphatic rings. The third-order valence-corrected chi connectivity index (χ3v) is 4.11. The number of benzene rings is 1. The van der Waals surface area contributed by atoms with Crippen molar-refractivity contribution in [3.05, 3.63) is 29.8 Å². The first-order valence-corrected chi connectivity index (χ1v) is 6.68. The molecule has 2 rings (SSSR count). The van der Waals surface area contributed by atoms with Crippen molar-refractivity contribution < 1.29 is 14.6 Å². The van der Waals surface area contributed by atoms with Crippen molar-refractivity contribution in [3.8, 4) is 18.1 Å². The summed E-state index contributed by atoms with van der Waals surface area (Å²) in [5.74, 6) is 3.58. The summed E-state index contributed by atoms with van der Waals surface area (Å²) in [6.45, 7) is 1.02. The Morgan fingerprint density at radius 1 is 1.45 bits per heavy atom. The van der Waals surface area contributed by atoms with Crippen LogP contribution >= 0.6 is 0 Å². The standard InChI is InChI=1S/C16H19NO3/c1-3-8-16(9-11-17(12-10-16)15(18)19)13-6-4-5-7-14(13)20-2/h1,4-7H,8-12H2,2H3,(H,18,19). The lowest BCUT2D eigenvalue weighted by Gasteiger charge is -2.41. The third kappa shape index (κ3) is 2.57. The maximum Gasteiger partial charge on any atom is 0.407 e. The molecule has 1 saturated heterocycles. The molecule has 4 nitrogen and oxygen atoms in total. The Bertz CT molecular complexity index is 525. The van der Waals surface area contributed by atoms with Crippen molar-refractivity contribution in [1.82, 2.24) is 4.90 Å². The quantitative estimate of drug-likeness (QED) is 0.861. The second kappa shape index (κ2) is 5.87. The molecule has 0 spiro atoms. The number of methoxy groups -OCH3 is 1. The van der Waals surface area contributed by atoms with Crippen LogP contribution in [0.15, 0.2) is 24.3 Å². The fraction of sp³-hybridized carbons (Fsp3) is 0.438. The van der Waals surface area contributed by atoms with Crippen molar-refractivity contribution in [1.29, 1.82) is 0 Å². The Labute approximate surface area is 119 Å². The molecular formula is C16H19NO3. The number of rotatable bonds is 3. The molecule has 1 aromatic carbocycles. The fourth-order valence-electron chi connectivity index (χ4n) is 2.95. The molecule has 1 fully saturated rings. The molecule has 0 atom stereocenters. The van der Waals surface area contributed by atoms with Crippen LogP contribution in [0.3, 0.4) is 0 Å². The molecule has 1 heterocycles. The lowest BCUT2D eigenvalue weighted by atomic mass is 9.70. The zero-order chi connectivity index (χ0) is 14.6. The highest BCUT2D eigenvalue weighted by atomic mass is 16.5. The van der Waals surface area contributed by atoms with Gasteiger partial charge < -0.3 is 14.7 Å². The summed E-state index contributed by atoms with van der Waals surface area (Å²) in [7, 11) is 1.65. The van der Waals surface area contributed by atoms with E-state index in [0.717, 1.165) is 24.2 Å². The van der Waals surface area contributed by atoms with Gasteiger partial charge in [0.1, 0.15) is 5.75 Å². The number of para-hydroxylation sites is 1. The van der Waals surface area contributed by atoms with Gasteiger partial charge in [-0.1, -0.05) is 18.2 Å².